The Kier molecular flexibility index (Phi) is 5.78. The smallest absolute Gasteiger partial charge is 0.229 e. The van der Waals surface area contributed by atoms with Crippen molar-refractivity contribution in [2.75, 3.05) is 37.9 Å². The van der Waals surface area contributed by atoms with Gasteiger partial charge in [0.2, 0.25) is 11.9 Å². The molecule has 2 heterocycles. The molecule has 0 bridgehead atoms. The molecule has 2 N–H and O–H groups in total. The first-order valence-corrected chi connectivity index (χ1v) is 8.66. The van der Waals surface area contributed by atoms with Gasteiger partial charge < -0.3 is 15.4 Å². The van der Waals surface area contributed by atoms with Gasteiger partial charge in [-0.3, -0.25) is 4.90 Å². The Bertz CT molecular complexity index is 673. The predicted octanol–water partition coefficient (Wildman–Crippen LogP) is 1.70. The summed E-state index contributed by atoms with van der Waals surface area (Å²) in [6.45, 7) is 3.15. The van der Waals surface area contributed by atoms with Crippen LogP contribution >= 0.6 is 0 Å². The monoisotopic (exact) mass is 342 g/mol. The van der Waals surface area contributed by atoms with Gasteiger partial charge in [0, 0.05) is 33.8 Å². The minimum atomic E-state index is 0.255. The van der Waals surface area contributed by atoms with Crippen LogP contribution < -0.4 is 10.6 Å². The van der Waals surface area contributed by atoms with E-state index in [1.165, 1.54) is 5.56 Å². The number of nitrogens with two attached hydrogens (primary N) is 1. The van der Waals surface area contributed by atoms with E-state index in [2.05, 4.69) is 44.1 Å². The first-order valence-electron chi connectivity index (χ1n) is 8.66. The molecule has 134 valence electrons. The molecule has 0 spiro atoms. The fourth-order valence-corrected chi connectivity index (χ4v) is 3.00. The van der Waals surface area contributed by atoms with Crippen molar-refractivity contribution in [3.05, 3.63) is 41.7 Å². The summed E-state index contributed by atoms with van der Waals surface area (Å²) in [6.07, 6.45) is 2.51. The summed E-state index contributed by atoms with van der Waals surface area (Å²) in [5, 5.41) is 0. The van der Waals surface area contributed by atoms with E-state index in [1.54, 1.807) is 0 Å². The van der Waals surface area contributed by atoms with E-state index in [-0.39, 0.29) is 12.1 Å². The third kappa shape index (κ3) is 5.11. The Morgan fingerprint density at radius 2 is 1.92 bits per heavy atom. The van der Waals surface area contributed by atoms with E-state index < -0.39 is 0 Å². The van der Waals surface area contributed by atoms with Crippen molar-refractivity contribution in [2.24, 2.45) is 0 Å². The van der Waals surface area contributed by atoms with E-state index in [0.717, 1.165) is 32.5 Å². The standard InChI is InChI=1S/C18H26N6O/c1-23(2)18-21-16(20-17(19)22-18)13-24(12-15-9-6-10-25-15)11-14-7-4-3-5-8-14/h3-5,7-8,15H,6,9-13H2,1-2H3,(H2,19,20,21,22). The minimum Gasteiger partial charge on any atom is -0.377 e. The van der Waals surface area contributed by atoms with Crippen molar-refractivity contribution in [3.63, 3.8) is 0 Å². The fraction of sp³-hybridized carbons (Fsp3) is 0.500. The highest BCUT2D eigenvalue weighted by atomic mass is 16.5. The molecule has 1 aromatic carbocycles. The summed E-state index contributed by atoms with van der Waals surface area (Å²) in [6, 6.07) is 10.4. The van der Waals surface area contributed by atoms with Gasteiger partial charge in [0.1, 0.15) is 5.82 Å². The molecule has 1 unspecified atom stereocenters. The summed E-state index contributed by atoms with van der Waals surface area (Å²) in [5.74, 6) is 1.52. The van der Waals surface area contributed by atoms with Crippen LogP contribution in [0.2, 0.25) is 0 Å². The summed E-state index contributed by atoms with van der Waals surface area (Å²) in [5.41, 5.74) is 7.12. The number of benzene rings is 1. The van der Waals surface area contributed by atoms with Crippen molar-refractivity contribution >= 4 is 11.9 Å². The quantitative estimate of drug-likeness (QED) is 0.820. The van der Waals surface area contributed by atoms with Crippen LogP contribution in [0.5, 0.6) is 0 Å². The number of nitrogen functional groups attached to an aromatic ring is 1. The zero-order chi connectivity index (χ0) is 17.6. The molecule has 2 aromatic rings. The van der Waals surface area contributed by atoms with Gasteiger partial charge in [-0.25, -0.2) is 0 Å². The zero-order valence-corrected chi connectivity index (χ0v) is 14.9. The zero-order valence-electron chi connectivity index (χ0n) is 14.9. The Hall–Kier alpha value is -2.25. The number of aromatic nitrogens is 3. The predicted molar refractivity (Wildman–Crippen MR) is 98.1 cm³/mol. The molecule has 1 atom stereocenters. The first-order chi connectivity index (χ1) is 12.1. The lowest BCUT2D eigenvalue weighted by Crippen LogP contribution is -2.32. The Balaban J connectivity index is 1.76. The molecule has 1 aliphatic rings. The first kappa shape index (κ1) is 17.6. The van der Waals surface area contributed by atoms with Crippen molar-refractivity contribution in [3.8, 4) is 0 Å². The molecule has 1 aliphatic heterocycles. The number of nitrogens with zero attached hydrogens (tertiary/aromatic N) is 5. The molecule has 0 aliphatic carbocycles. The second-order valence-corrected chi connectivity index (χ2v) is 6.59. The molecule has 25 heavy (non-hydrogen) atoms. The number of anilines is 2. The molecule has 0 saturated carbocycles. The van der Waals surface area contributed by atoms with Gasteiger partial charge in [-0.1, -0.05) is 30.3 Å². The van der Waals surface area contributed by atoms with Crippen LogP contribution in [-0.2, 0) is 17.8 Å². The van der Waals surface area contributed by atoms with Gasteiger partial charge in [-0.05, 0) is 18.4 Å². The van der Waals surface area contributed by atoms with Crippen molar-refractivity contribution in [1.29, 1.82) is 0 Å². The molecule has 7 nitrogen and oxygen atoms in total. The lowest BCUT2D eigenvalue weighted by Gasteiger charge is -2.25. The maximum Gasteiger partial charge on any atom is 0.229 e. The van der Waals surface area contributed by atoms with Crippen molar-refractivity contribution < 1.29 is 4.74 Å². The molecule has 3 rings (SSSR count). The second-order valence-electron chi connectivity index (χ2n) is 6.59. The van der Waals surface area contributed by atoms with Crippen LogP contribution in [0.3, 0.4) is 0 Å². The van der Waals surface area contributed by atoms with Gasteiger partial charge in [0.15, 0.2) is 0 Å². The second kappa shape index (κ2) is 8.22. The number of hydrogen-bond acceptors (Lipinski definition) is 7. The fourth-order valence-electron chi connectivity index (χ4n) is 3.00. The van der Waals surface area contributed by atoms with Crippen LogP contribution in [0.4, 0.5) is 11.9 Å². The molecular weight excluding hydrogens is 316 g/mol. The molecule has 1 fully saturated rings. The Labute approximate surface area is 148 Å². The maximum absolute atomic E-state index is 5.86. The van der Waals surface area contributed by atoms with Crippen molar-refractivity contribution in [1.82, 2.24) is 19.9 Å². The lowest BCUT2D eigenvalue weighted by molar-refractivity contribution is 0.0670. The van der Waals surface area contributed by atoms with Crippen LogP contribution in [0.15, 0.2) is 30.3 Å². The average Bonchev–Trinajstić information content (AvgIpc) is 3.08. The minimum absolute atomic E-state index is 0.255. The Morgan fingerprint density at radius 1 is 1.12 bits per heavy atom. The highest BCUT2D eigenvalue weighted by molar-refractivity contribution is 5.32. The van der Waals surface area contributed by atoms with Gasteiger partial charge in [-0.15, -0.1) is 0 Å². The van der Waals surface area contributed by atoms with E-state index in [4.69, 9.17) is 10.5 Å². The molecule has 0 amide bonds. The van der Waals surface area contributed by atoms with Crippen LogP contribution in [0.25, 0.3) is 0 Å². The highest BCUT2D eigenvalue weighted by Gasteiger charge is 2.21. The molecule has 1 aromatic heterocycles. The molecule has 1 saturated heterocycles. The SMILES string of the molecule is CN(C)c1nc(N)nc(CN(Cc2ccccc2)CC2CCCO2)n1. The number of ether oxygens (including phenoxy) is 1. The van der Waals surface area contributed by atoms with Crippen LogP contribution in [-0.4, -0.2) is 53.2 Å². The largest absolute Gasteiger partial charge is 0.377 e. The number of rotatable bonds is 7. The summed E-state index contributed by atoms with van der Waals surface area (Å²) < 4.78 is 5.82. The summed E-state index contributed by atoms with van der Waals surface area (Å²) >= 11 is 0. The third-order valence-electron chi connectivity index (χ3n) is 4.19. The maximum atomic E-state index is 5.86. The van der Waals surface area contributed by atoms with E-state index in [9.17, 15) is 0 Å². The van der Waals surface area contributed by atoms with Gasteiger partial charge in [-0.2, -0.15) is 15.0 Å². The topological polar surface area (TPSA) is 80.4 Å². The average molecular weight is 342 g/mol. The van der Waals surface area contributed by atoms with E-state index >= 15 is 0 Å². The molecule has 7 heteroatoms. The van der Waals surface area contributed by atoms with Crippen molar-refractivity contribution in [2.45, 2.75) is 32.0 Å². The van der Waals surface area contributed by atoms with Gasteiger partial charge >= 0.3 is 0 Å². The third-order valence-corrected chi connectivity index (χ3v) is 4.19. The number of hydrogen-bond donors (Lipinski definition) is 1. The Morgan fingerprint density at radius 3 is 2.60 bits per heavy atom. The normalized spacial score (nSPS) is 17.2. The van der Waals surface area contributed by atoms with E-state index in [1.807, 2.05) is 25.1 Å². The van der Waals surface area contributed by atoms with Crippen LogP contribution in [0, 0.1) is 0 Å². The summed E-state index contributed by atoms with van der Waals surface area (Å²) in [7, 11) is 3.79. The summed E-state index contributed by atoms with van der Waals surface area (Å²) in [4.78, 5) is 17.2. The molecular formula is C18H26N6O. The lowest BCUT2D eigenvalue weighted by atomic mass is 10.2. The van der Waals surface area contributed by atoms with E-state index in [0.29, 0.717) is 18.3 Å². The van der Waals surface area contributed by atoms with Crippen LogP contribution in [0.1, 0.15) is 24.2 Å². The highest BCUT2D eigenvalue weighted by Crippen LogP contribution is 2.17. The van der Waals surface area contributed by atoms with Gasteiger partial charge in [0.05, 0.1) is 12.6 Å². The molecule has 0 radical (unpaired) electrons. The van der Waals surface area contributed by atoms with Gasteiger partial charge in [0.25, 0.3) is 0 Å².